The summed E-state index contributed by atoms with van der Waals surface area (Å²) >= 11 is 0. The number of aromatic nitrogens is 2. The molecule has 0 bridgehead atoms. The number of hydrogen-bond acceptors (Lipinski definition) is 4. The van der Waals surface area contributed by atoms with Gasteiger partial charge in [-0.15, -0.1) is 0 Å². The summed E-state index contributed by atoms with van der Waals surface area (Å²) in [5.41, 5.74) is 5.00. The topological polar surface area (TPSA) is 76.2 Å². The molecule has 3 rings (SSSR count). The van der Waals surface area contributed by atoms with Crippen molar-refractivity contribution in [1.82, 2.24) is 19.8 Å². The van der Waals surface area contributed by atoms with Gasteiger partial charge < -0.3 is 15.6 Å². The third kappa shape index (κ3) is 2.86. The molecular formula is C14H23N5O. The molecule has 1 atom stereocenters. The van der Waals surface area contributed by atoms with Crippen LogP contribution >= 0.6 is 0 Å². The Morgan fingerprint density at radius 1 is 1.55 bits per heavy atom. The van der Waals surface area contributed by atoms with Crippen LogP contribution in [0.15, 0.2) is 12.4 Å². The first-order valence-corrected chi connectivity index (χ1v) is 7.37. The van der Waals surface area contributed by atoms with Gasteiger partial charge in [-0.05, 0) is 26.2 Å². The molecule has 0 spiro atoms. The quantitative estimate of drug-likeness (QED) is 0.772. The van der Waals surface area contributed by atoms with E-state index in [-0.39, 0.29) is 5.91 Å². The van der Waals surface area contributed by atoms with Crippen LogP contribution in [0.1, 0.15) is 32.0 Å². The summed E-state index contributed by atoms with van der Waals surface area (Å²) in [7, 11) is 0. The van der Waals surface area contributed by atoms with Gasteiger partial charge in [0.2, 0.25) is 5.91 Å². The first-order chi connectivity index (χ1) is 9.57. The average Bonchev–Trinajstić information content (AvgIpc) is 3.10. The predicted octanol–water partition coefficient (Wildman–Crippen LogP) is 0.0848. The van der Waals surface area contributed by atoms with Crippen molar-refractivity contribution in [2.75, 3.05) is 13.1 Å². The minimum atomic E-state index is -0.589. The first-order valence-electron chi connectivity index (χ1n) is 7.37. The van der Waals surface area contributed by atoms with E-state index in [2.05, 4.69) is 19.8 Å². The highest BCUT2D eigenvalue weighted by atomic mass is 16.1. The summed E-state index contributed by atoms with van der Waals surface area (Å²) in [4.78, 5) is 18.4. The van der Waals surface area contributed by atoms with E-state index in [0.29, 0.717) is 6.04 Å². The Hall–Kier alpha value is -1.40. The number of nitrogens with two attached hydrogens (primary N) is 1. The average molecular weight is 277 g/mol. The van der Waals surface area contributed by atoms with Crippen LogP contribution < -0.4 is 11.1 Å². The van der Waals surface area contributed by atoms with E-state index >= 15 is 0 Å². The van der Waals surface area contributed by atoms with Crippen LogP contribution in [0.2, 0.25) is 0 Å². The van der Waals surface area contributed by atoms with Crippen molar-refractivity contribution in [2.24, 2.45) is 5.73 Å². The van der Waals surface area contributed by atoms with E-state index in [1.54, 1.807) is 0 Å². The Kier molecular flexibility index (Phi) is 3.52. The Labute approximate surface area is 119 Å². The molecule has 1 aliphatic carbocycles. The number of nitrogens with one attached hydrogen (secondary N) is 1. The van der Waals surface area contributed by atoms with Crippen LogP contribution in [0.5, 0.6) is 0 Å². The molecule has 0 saturated heterocycles. The molecule has 1 aliphatic heterocycles. The number of fused-ring (bicyclic) bond motifs is 1. The summed E-state index contributed by atoms with van der Waals surface area (Å²) in [5, 5.41) is 3.40. The van der Waals surface area contributed by atoms with Gasteiger partial charge in [-0.3, -0.25) is 9.69 Å². The van der Waals surface area contributed by atoms with Crippen LogP contribution in [0.4, 0.5) is 0 Å². The summed E-state index contributed by atoms with van der Waals surface area (Å²) in [6.07, 6.45) is 6.93. The van der Waals surface area contributed by atoms with Gasteiger partial charge in [0, 0.05) is 38.1 Å². The predicted molar refractivity (Wildman–Crippen MR) is 75.9 cm³/mol. The van der Waals surface area contributed by atoms with Crippen molar-refractivity contribution in [2.45, 2.75) is 50.9 Å². The van der Waals surface area contributed by atoms with Crippen molar-refractivity contribution < 1.29 is 4.79 Å². The standard InChI is InChI=1S/C14H23N5O/c1-14(13(15)20,17-11-2-3-11)4-6-18-8-9-19-7-5-16-12(19)10-18/h5,7,11,17H,2-4,6,8-10H2,1H3,(H2,15,20). The molecule has 6 nitrogen and oxygen atoms in total. The fourth-order valence-corrected chi connectivity index (χ4v) is 2.74. The molecule has 2 heterocycles. The zero-order chi connectivity index (χ0) is 14.2. The lowest BCUT2D eigenvalue weighted by atomic mass is 9.96. The molecule has 1 aromatic rings. The van der Waals surface area contributed by atoms with E-state index in [9.17, 15) is 4.79 Å². The van der Waals surface area contributed by atoms with E-state index < -0.39 is 5.54 Å². The normalized spacial score (nSPS) is 22.2. The highest BCUT2D eigenvalue weighted by molar-refractivity contribution is 5.84. The fraction of sp³-hybridized carbons (Fsp3) is 0.714. The number of hydrogen-bond donors (Lipinski definition) is 2. The van der Waals surface area contributed by atoms with Gasteiger partial charge in [-0.25, -0.2) is 4.98 Å². The number of primary amides is 1. The maximum Gasteiger partial charge on any atom is 0.237 e. The monoisotopic (exact) mass is 277 g/mol. The van der Waals surface area contributed by atoms with E-state index in [1.807, 2.05) is 19.3 Å². The molecule has 3 N–H and O–H groups in total. The van der Waals surface area contributed by atoms with Crippen molar-refractivity contribution in [3.05, 3.63) is 18.2 Å². The van der Waals surface area contributed by atoms with Gasteiger partial charge in [0.1, 0.15) is 5.82 Å². The summed E-state index contributed by atoms with van der Waals surface area (Å²) in [6, 6.07) is 0.479. The number of nitrogens with zero attached hydrogens (tertiary/aromatic N) is 3. The minimum Gasteiger partial charge on any atom is -0.368 e. The molecule has 2 aliphatic rings. The third-order valence-corrected chi connectivity index (χ3v) is 4.40. The Balaban J connectivity index is 1.56. The van der Waals surface area contributed by atoms with Gasteiger partial charge in [-0.1, -0.05) is 0 Å². The molecule has 110 valence electrons. The molecule has 1 saturated carbocycles. The number of amides is 1. The van der Waals surface area contributed by atoms with Gasteiger partial charge in [0.15, 0.2) is 0 Å². The largest absolute Gasteiger partial charge is 0.368 e. The number of rotatable bonds is 6. The zero-order valence-corrected chi connectivity index (χ0v) is 12.0. The maximum atomic E-state index is 11.7. The third-order valence-electron chi connectivity index (χ3n) is 4.40. The lowest BCUT2D eigenvalue weighted by Gasteiger charge is -2.33. The summed E-state index contributed by atoms with van der Waals surface area (Å²) < 4.78 is 2.19. The number of carbonyl (C=O) groups is 1. The fourth-order valence-electron chi connectivity index (χ4n) is 2.74. The van der Waals surface area contributed by atoms with Crippen LogP contribution in [0.3, 0.4) is 0 Å². The molecule has 0 aromatic carbocycles. The number of imidazole rings is 1. The molecule has 1 fully saturated rings. The van der Waals surface area contributed by atoms with E-state index in [4.69, 9.17) is 5.73 Å². The van der Waals surface area contributed by atoms with Gasteiger partial charge >= 0.3 is 0 Å². The molecule has 20 heavy (non-hydrogen) atoms. The first kappa shape index (κ1) is 13.6. The molecular weight excluding hydrogens is 254 g/mol. The Morgan fingerprint density at radius 3 is 3.05 bits per heavy atom. The van der Waals surface area contributed by atoms with Gasteiger partial charge in [0.05, 0.1) is 12.1 Å². The zero-order valence-electron chi connectivity index (χ0n) is 12.0. The van der Waals surface area contributed by atoms with Crippen LogP contribution in [-0.4, -0.2) is 45.0 Å². The maximum absolute atomic E-state index is 11.7. The SMILES string of the molecule is CC(CCN1CCn2ccnc2C1)(NC1CC1)C(N)=O. The van der Waals surface area contributed by atoms with Crippen LogP contribution in [0.25, 0.3) is 0 Å². The molecule has 1 unspecified atom stereocenters. The van der Waals surface area contributed by atoms with Gasteiger partial charge in [-0.2, -0.15) is 0 Å². The smallest absolute Gasteiger partial charge is 0.237 e. The van der Waals surface area contributed by atoms with Gasteiger partial charge in [0.25, 0.3) is 0 Å². The van der Waals surface area contributed by atoms with Crippen LogP contribution in [-0.2, 0) is 17.9 Å². The minimum absolute atomic E-state index is 0.247. The summed E-state index contributed by atoms with van der Waals surface area (Å²) in [5.74, 6) is 0.857. The Bertz CT molecular complexity index is 496. The van der Waals surface area contributed by atoms with Crippen molar-refractivity contribution in [3.8, 4) is 0 Å². The second-order valence-corrected chi connectivity index (χ2v) is 6.18. The lowest BCUT2D eigenvalue weighted by molar-refractivity contribution is -0.124. The molecule has 6 heteroatoms. The van der Waals surface area contributed by atoms with E-state index in [0.717, 1.165) is 51.3 Å². The lowest BCUT2D eigenvalue weighted by Crippen LogP contribution is -2.55. The second kappa shape index (κ2) is 5.18. The highest BCUT2D eigenvalue weighted by Gasteiger charge is 2.37. The molecule has 1 amide bonds. The number of carbonyl (C=O) groups excluding carboxylic acids is 1. The van der Waals surface area contributed by atoms with Crippen molar-refractivity contribution >= 4 is 5.91 Å². The Morgan fingerprint density at radius 2 is 2.35 bits per heavy atom. The molecule has 0 radical (unpaired) electrons. The van der Waals surface area contributed by atoms with Crippen molar-refractivity contribution in [1.29, 1.82) is 0 Å². The van der Waals surface area contributed by atoms with Crippen molar-refractivity contribution in [3.63, 3.8) is 0 Å². The summed E-state index contributed by atoms with van der Waals surface area (Å²) in [6.45, 7) is 5.62. The molecule has 1 aromatic heterocycles. The second-order valence-electron chi connectivity index (χ2n) is 6.18. The van der Waals surface area contributed by atoms with Crippen LogP contribution in [0, 0.1) is 0 Å². The highest BCUT2D eigenvalue weighted by Crippen LogP contribution is 2.24. The van der Waals surface area contributed by atoms with E-state index in [1.165, 1.54) is 0 Å².